The van der Waals surface area contributed by atoms with Gasteiger partial charge < -0.3 is 14.4 Å². The molecular weight excluding hydrogens is 443 g/mol. The van der Waals surface area contributed by atoms with E-state index in [-0.39, 0.29) is 17.2 Å². The van der Waals surface area contributed by atoms with Crippen LogP contribution in [0.25, 0.3) is 0 Å². The van der Waals surface area contributed by atoms with Crippen molar-refractivity contribution in [3.05, 3.63) is 58.7 Å². The van der Waals surface area contributed by atoms with E-state index in [0.29, 0.717) is 36.4 Å². The Morgan fingerprint density at radius 1 is 1.09 bits per heavy atom. The maximum absolute atomic E-state index is 13.5. The number of halogens is 3. The molecule has 0 fully saturated rings. The molecule has 1 heterocycles. The molecule has 2 atom stereocenters. The summed E-state index contributed by atoms with van der Waals surface area (Å²) in [6, 6.07) is 8.27. The van der Waals surface area contributed by atoms with Crippen LogP contribution >= 0.6 is 0 Å². The molecule has 186 valence electrons. The Morgan fingerprint density at radius 3 is 2.32 bits per heavy atom. The number of methoxy groups -OCH3 is 2. The molecule has 4 nitrogen and oxygen atoms in total. The van der Waals surface area contributed by atoms with Gasteiger partial charge in [-0.1, -0.05) is 39.8 Å². The van der Waals surface area contributed by atoms with E-state index in [1.807, 2.05) is 13.0 Å². The molecular formula is C27H34F3NO3. The number of hydrogen-bond donors (Lipinski definition) is 0. The number of carbonyl (C=O) groups is 1. The van der Waals surface area contributed by atoms with E-state index in [9.17, 15) is 18.0 Å². The predicted molar refractivity (Wildman–Crippen MR) is 126 cm³/mol. The summed E-state index contributed by atoms with van der Waals surface area (Å²) in [5, 5.41) is 0. The Labute approximate surface area is 200 Å². The van der Waals surface area contributed by atoms with Gasteiger partial charge in [0, 0.05) is 13.0 Å². The molecule has 0 saturated carbocycles. The lowest BCUT2D eigenvalue weighted by Crippen LogP contribution is -2.41. The molecule has 0 aromatic heterocycles. The molecule has 3 rings (SSSR count). The van der Waals surface area contributed by atoms with E-state index in [0.717, 1.165) is 29.7 Å². The quantitative estimate of drug-likeness (QED) is 0.467. The normalized spacial score (nSPS) is 17.2. The molecule has 0 spiro atoms. The highest BCUT2D eigenvalue weighted by Crippen LogP contribution is 2.42. The number of amides is 1. The van der Waals surface area contributed by atoms with Crippen LogP contribution < -0.4 is 9.47 Å². The molecule has 0 saturated heterocycles. The highest BCUT2D eigenvalue weighted by molar-refractivity contribution is 5.78. The molecule has 2 aromatic carbocycles. The Bertz CT molecular complexity index is 1030. The van der Waals surface area contributed by atoms with E-state index in [1.54, 1.807) is 24.1 Å². The maximum Gasteiger partial charge on any atom is 0.416 e. The molecule has 2 aromatic rings. The molecule has 0 radical (unpaired) electrons. The zero-order valence-corrected chi connectivity index (χ0v) is 20.8. The van der Waals surface area contributed by atoms with Crippen molar-refractivity contribution < 1.29 is 27.4 Å². The highest BCUT2D eigenvalue weighted by Gasteiger charge is 2.36. The smallest absolute Gasteiger partial charge is 0.416 e. The first kappa shape index (κ1) is 25.9. The third kappa shape index (κ3) is 5.86. The molecule has 0 unspecified atom stereocenters. The van der Waals surface area contributed by atoms with Crippen LogP contribution in [0, 0.1) is 11.3 Å². The van der Waals surface area contributed by atoms with Crippen molar-refractivity contribution in [3.63, 3.8) is 0 Å². The fraction of sp³-hybridized carbons (Fsp3) is 0.519. The Morgan fingerprint density at radius 2 is 1.74 bits per heavy atom. The van der Waals surface area contributed by atoms with Crippen LogP contribution in [0.3, 0.4) is 0 Å². The molecule has 0 aliphatic carbocycles. The largest absolute Gasteiger partial charge is 0.493 e. The molecule has 34 heavy (non-hydrogen) atoms. The van der Waals surface area contributed by atoms with Gasteiger partial charge in [-0.15, -0.1) is 0 Å². The first-order chi connectivity index (χ1) is 15.8. The number of carbonyl (C=O) groups excluding carboxylic acids is 1. The number of nitrogens with zero attached hydrogens (tertiary/aromatic N) is 1. The van der Waals surface area contributed by atoms with E-state index < -0.39 is 17.8 Å². The monoisotopic (exact) mass is 477 g/mol. The second kappa shape index (κ2) is 9.88. The van der Waals surface area contributed by atoms with Crippen LogP contribution in [0.4, 0.5) is 13.2 Å². The zero-order chi connectivity index (χ0) is 25.3. The summed E-state index contributed by atoms with van der Waals surface area (Å²) in [5.41, 5.74) is 1.48. The van der Waals surface area contributed by atoms with Gasteiger partial charge in [0.2, 0.25) is 5.91 Å². The number of benzene rings is 2. The van der Waals surface area contributed by atoms with Crippen molar-refractivity contribution >= 4 is 5.91 Å². The average molecular weight is 478 g/mol. The minimum absolute atomic E-state index is 0.0559. The van der Waals surface area contributed by atoms with E-state index in [4.69, 9.17) is 9.47 Å². The van der Waals surface area contributed by atoms with Gasteiger partial charge in [-0.2, -0.15) is 13.2 Å². The van der Waals surface area contributed by atoms with Gasteiger partial charge >= 0.3 is 6.18 Å². The van der Waals surface area contributed by atoms with Gasteiger partial charge in [-0.25, -0.2) is 0 Å². The van der Waals surface area contributed by atoms with Crippen molar-refractivity contribution in [2.45, 2.75) is 59.2 Å². The summed E-state index contributed by atoms with van der Waals surface area (Å²) in [4.78, 5) is 15.2. The van der Waals surface area contributed by atoms with Crippen molar-refractivity contribution in [2.75, 3.05) is 20.8 Å². The maximum atomic E-state index is 13.5. The van der Waals surface area contributed by atoms with Crippen molar-refractivity contribution in [3.8, 4) is 11.5 Å². The van der Waals surface area contributed by atoms with Gasteiger partial charge in [0.1, 0.15) is 0 Å². The lowest BCUT2D eigenvalue weighted by atomic mass is 9.83. The van der Waals surface area contributed by atoms with Gasteiger partial charge in [0.25, 0.3) is 0 Å². The second-order valence-electron chi connectivity index (χ2n) is 10.3. The third-order valence-electron chi connectivity index (χ3n) is 6.21. The molecule has 7 heteroatoms. The summed E-state index contributed by atoms with van der Waals surface area (Å²) < 4.78 is 51.4. The summed E-state index contributed by atoms with van der Waals surface area (Å²) >= 11 is 0. The van der Waals surface area contributed by atoms with Gasteiger partial charge in [0.15, 0.2) is 11.5 Å². The van der Waals surface area contributed by atoms with Crippen LogP contribution in [-0.2, 0) is 17.4 Å². The number of alkyl halides is 3. The van der Waals surface area contributed by atoms with Crippen LogP contribution in [0.15, 0.2) is 36.4 Å². The number of ether oxygens (including phenoxy) is 2. The predicted octanol–water partition coefficient (Wildman–Crippen LogP) is 6.66. The Kier molecular flexibility index (Phi) is 7.53. The SMILES string of the molecule is COc1cc2c(cc1OC)[C@@H](c1cccc(C(F)(F)F)c1)N(C(=O)C[C@H](C)CC(C)(C)C)CC2. The van der Waals surface area contributed by atoms with Crippen molar-refractivity contribution in [1.82, 2.24) is 4.90 Å². The van der Waals surface area contributed by atoms with Crippen LogP contribution in [-0.4, -0.2) is 31.6 Å². The molecule has 0 bridgehead atoms. The fourth-order valence-electron chi connectivity index (χ4n) is 4.99. The first-order valence-corrected chi connectivity index (χ1v) is 11.6. The third-order valence-corrected chi connectivity index (χ3v) is 6.21. The van der Waals surface area contributed by atoms with E-state index >= 15 is 0 Å². The summed E-state index contributed by atoms with van der Waals surface area (Å²) in [5.74, 6) is 1.14. The van der Waals surface area contributed by atoms with Crippen LogP contribution in [0.1, 0.15) is 68.8 Å². The molecule has 0 N–H and O–H groups in total. The standard InChI is InChI=1S/C27H34F3NO3/c1-17(16-26(2,3)4)12-24(32)31-11-10-18-14-22(33-5)23(34-6)15-21(18)25(31)19-8-7-9-20(13-19)27(28,29)30/h7-9,13-15,17,25H,10-12,16H2,1-6H3/t17-,25+/m0/s1. The Hall–Kier alpha value is -2.70. The Balaban J connectivity index is 2.07. The van der Waals surface area contributed by atoms with Gasteiger partial charge in [-0.3, -0.25) is 4.79 Å². The topological polar surface area (TPSA) is 38.8 Å². The summed E-state index contributed by atoms with van der Waals surface area (Å²) in [7, 11) is 3.06. The van der Waals surface area contributed by atoms with E-state index in [2.05, 4.69) is 20.8 Å². The van der Waals surface area contributed by atoms with E-state index in [1.165, 1.54) is 13.2 Å². The fourth-order valence-corrected chi connectivity index (χ4v) is 4.99. The highest BCUT2D eigenvalue weighted by atomic mass is 19.4. The lowest BCUT2D eigenvalue weighted by Gasteiger charge is -2.39. The van der Waals surface area contributed by atoms with Gasteiger partial charge in [0.05, 0.1) is 25.8 Å². The summed E-state index contributed by atoms with van der Waals surface area (Å²) in [6.45, 7) is 8.88. The minimum Gasteiger partial charge on any atom is -0.493 e. The molecule has 1 aliphatic rings. The molecule has 1 amide bonds. The number of hydrogen-bond acceptors (Lipinski definition) is 3. The average Bonchev–Trinajstić information content (AvgIpc) is 2.75. The summed E-state index contributed by atoms with van der Waals surface area (Å²) in [6.07, 6.45) is -2.66. The lowest BCUT2D eigenvalue weighted by molar-refractivity contribution is -0.137. The van der Waals surface area contributed by atoms with Crippen LogP contribution in [0.5, 0.6) is 11.5 Å². The van der Waals surface area contributed by atoms with Crippen molar-refractivity contribution in [2.24, 2.45) is 11.3 Å². The zero-order valence-electron chi connectivity index (χ0n) is 20.8. The van der Waals surface area contributed by atoms with Gasteiger partial charge in [-0.05, 0) is 65.1 Å². The van der Waals surface area contributed by atoms with Crippen LogP contribution in [0.2, 0.25) is 0 Å². The first-order valence-electron chi connectivity index (χ1n) is 11.6. The molecule has 1 aliphatic heterocycles. The number of rotatable bonds is 6. The van der Waals surface area contributed by atoms with Crippen molar-refractivity contribution in [1.29, 1.82) is 0 Å². The minimum atomic E-state index is -4.47. The second-order valence-corrected chi connectivity index (χ2v) is 10.3. The number of fused-ring (bicyclic) bond motifs is 1.